The number of benzene rings is 1. The highest BCUT2D eigenvalue weighted by molar-refractivity contribution is 5.97. The number of rotatable bonds is 6. The van der Waals surface area contributed by atoms with Gasteiger partial charge >= 0.3 is 0 Å². The van der Waals surface area contributed by atoms with Gasteiger partial charge in [-0.1, -0.05) is 31.1 Å². The summed E-state index contributed by atoms with van der Waals surface area (Å²) in [6, 6.07) is 8.80. The fraction of sp³-hybridized carbons (Fsp3) is 0.263. The molecule has 0 aliphatic rings. The summed E-state index contributed by atoms with van der Waals surface area (Å²) in [7, 11) is 0. The van der Waals surface area contributed by atoms with Gasteiger partial charge in [-0.25, -0.2) is 4.98 Å². The van der Waals surface area contributed by atoms with Crippen molar-refractivity contribution in [2.75, 3.05) is 6.54 Å². The van der Waals surface area contributed by atoms with Crippen molar-refractivity contribution in [1.82, 2.24) is 15.5 Å². The Morgan fingerprint density at radius 3 is 2.77 bits per heavy atom. The number of hydrogen-bond acceptors (Lipinski definition) is 5. The summed E-state index contributed by atoms with van der Waals surface area (Å²) in [4.78, 5) is 27.8. The van der Waals surface area contributed by atoms with Crippen molar-refractivity contribution in [2.24, 2.45) is 5.73 Å². The standard InChI is InChI=1S/C19H20N4O3/c1-11(2)16-15-9-14(10-22-19(15)26-23-16)18(25)21-7-6-12-4-3-5-13(8-12)17(20)24/h3-5,8-11H,6-7H2,1-2H3,(H2,20,24)(H,21,25). The molecule has 7 nitrogen and oxygen atoms in total. The van der Waals surface area contributed by atoms with Crippen molar-refractivity contribution >= 4 is 22.9 Å². The number of amides is 2. The number of aromatic nitrogens is 2. The molecule has 7 heteroatoms. The van der Waals surface area contributed by atoms with E-state index in [0.717, 1.165) is 16.6 Å². The Hall–Kier alpha value is -3.22. The Labute approximate surface area is 150 Å². The topological polar surface area (TPSA) is 111 Å². The van der Waals surface area contributed by atoms with E-state index in [9.17, 15) is 9.59 Å². The van der Waals surface area contributed by atoms with Crippen LogP contribution in [0.1, 0.15) is 51.7 Å². The van der Waals surface area contributed by atoms with E-state index in [1.54, 1.807) is 24.3 Å². The molecule has 134 valence electrons. The fourth-order valence-electron chi connectivity index (χ4n) is 2.69. The van der Waals surface area contributed by atoms with Gasteiger partial charge in [0.2, 0.25) is 5.91 Å². The molecule has 0 radical (unpaired) electrons. The monoisotopic (exact) mass is 352 g/mol. The third-order valence-corrected chi connectivity index (χ3v) is 4.08. The first-order valence-electron chi connectivity index (χ1n) is 8.38. The van der Waals surface area contributed by atoms with Crippen LogP contribution < -0.4 is 11.1 Å². The predicted molar refractivity (Wildman–Crippen MR) is 96.9 cm³/mol. The van der Waals surface area contributed by atoms with E-state index in [1.807, 2.05) is 19.9 Å². The molecule has 3 rings (SSSR count). The second kappa shape index (κ2) is 7.35. The van der Waals surface area contributed by atoms with E-state index in [0.29, 0.717) is 29.8 Å². The molecule has 2 aromatic heterocycles. The predicted octanol–water partition coefficient (Wildman–Crippen LogP) is 2.42. The molecule has 0 aliphatic heterocycles. The average Bonchev–Trinajstić information content (AvgIpc) is 3.05. The van der Waals surface area contributed by atoms with Crippen LogP contribution in [0.5, 0.6) is 0 Å². The number of carbonyl (C=O) groups excluding carboxylic acids is 2. The molecule has 0 aliphatic carbocycles. The van der Waals surface area contributed by atoms with E-state index in [4.69, 9.17) is 10.3 Å². The maximum atomic E-state index is 12.4. The summed E-state index contributed by atoms with van der Waals surface area (Å²) in [5.74, 6) is -0.514. The molecule has 0 saturated carbocycles. The van der Waals surface area contributed by atoms with Crippen LogP contribution in [0.4, 0.5) is 0 Å². The lowest BCUT2D eigenvalue weighted by Crippen LogP contribution is -2.25. The third kappa shape index (κ3) is 3.72. The molecular formula is C19H20N4O3. The lowest BCUT2D eigenvalue weighted by molar-refractivity contribution is 0.0952. The molecule has 2 heterocycles. The number of pyridine rings is 1. The third-order valence-electron chi connectivity index (χ3n) is 4.08. The van der Waals surface area contributed by atoms with Crippen LogP contribution in [0.15, 0.2) is 41.1 Å². The number of fused-ring (bicyclic) bond motifs is 1. The quantitative estimate of drug-likeness (QED) is 0.708. The van der Waals surface area contributed by atoms with Crippen LogP contribution in [-0.4, -0.2) is 28.5 Å². The van der Waals surface area contributed by atoms with Crippen LogP contribution in [0.25, 0.3) is 11.1 Å². The van der Waals surface area contributed by atoms with E-state index >= 15 is 0 Å². The normalized spacial score (nSPS) is 11.0. The van der Waals surface area contributed by atoms with E-state index in [1.165, 1.54) is 6.20 Å². The van der Waals surface area contributed by atoms with E-state index in [-0.39, 0.29) is 11.8 Å². The largest absolute Gasteiger partial charge is 0.366 e. The fourth-order valence-corrected chi connectivity index (χ4v) is 2.69. The first-order valence-corrected chi connectivity index (χ1v) is 8.38. The lowest BCUT2D eigenvalue weighted by atomic mass is 10.1. The number of carbonyl (C=O) groups is 2. The SMILES string of the molecule is CC(C)c1noc2ncc(C(=O)NCCc3cccc(C(N)=O)c3)cc12. The molecule has 2 amide bonds. The Balaban J connectivity index is 1.67. The van der Waals surface area contributed by atoms with Crippen LogP contribution in [0.3, 0.4) is 0 Å². The van der Waals surface area contributed by atoms with Crippen LogP contribution in [0.2, 0.25) is 0 Å². The van der Waals surface area contributed by atoms with Gasteiger partial charge in [-0.3, -0.25) is 9.59 Å². The molecular weight excluding hydrogens is 332 g/mol. The van der Waals surface area contributed by atoms with Crippen molar-refractivity contribution in [1.29, 1.82) is 0 Å². The summed E-state index contributed by atoms with van der Waals surface area (Å²) < 4.78 is 5.18. The molecule has 26 heavy (non-hydrogen) atoms. The first kappa shape index (κ1) is 17.6. The summed E-state index contributed by atoms with van der Waals surface area (Å²) in [5.41, 5.74) is 8.32. The van der Waals surface area contributed by atoms with Crippen molar-refractivity contribution in [3.8, 4) is 0 Å². The summed E-state index contributed by atoms with van der Waals surface area (Å²) in [5, 5.41) is 7.62. The number of nitrogens with zero attached hydrogens (tertiary/aromatic N) is 2. The van der Waals surface area contributed by atoms with Gasteiger partial charge in [0.25, 0.3) is 11.6 Å². The summed E-state index contributed by atoms with van der Waals surface area (Å²) in [6.45, 7) is 4.44. The van der Waals surface area contributed by atoms with E-state index < -0.39 is 5.91 Å². The van der Waals surface area contributed by atoms with Gasteiger partial charge in [-0.2, -0.15) is 0 Å². The summed E-state index contributed by atoms with van der Waals surface area (Å²) in [6.07, 6.45) is 2.06. The highest BCUT2D eigenvalue weighted by Gasteiger charge is 2.15. The molecule has 0 unspecified atom stereocenters. The minimum Gasteiger partial charge on any atom is -0.366 e. The zero-order chi connectivity index (χ0) is 18.7. The second-order valence-electron chi connectivity index (χ2n) is 6.37. The van der Waals surface area contributed by atoms with Crippen molar-refractivity contribution in [2.45, 2.75) is 26.2 Å². The van der Waals surface area contributed by atoms with Gasteiger partial charge in [0.15, 0.2) is 0 Å². The number of primary amides is 1. The molecule has 3 N–H and O–H groups in total. The van der Waals surface area contributed by atoms with Gasteiger partial charge < -0.3 is 15.6 Å². The Morgan fingerprint density at radius 1 is 1.23 bits per heavy atom. The maximum absolute atomic E-state index is 12.4. The van der Waals surface area contributed by atoms with Gasteiger partial charge in [0, 0.05) is 18.3 Å². The Morgan fingerprint density at radius 2 is 2.04 bits per heavy atom. The zero-order valence-electron chi connectivity index (χ0n) is 14.7. The van der Waals surface area contributed by atoms with Gasteiger partial charge in [-0.15, -0.1) is 0 Å². The second-order valence-corrected chi connectivity index (χ2v) is 6.37. The zero-order valence-corrected chi connectivity index (χ0v) is 14.7. The van der Waals surface area contributed by atoms with Crippen LogP contribution in [0, 0.1) is 0 Å². The van der Waals surface area contributed by atoms with Crippen molar-refractivity contribution in [3.05, 3.63) is 58.9 Å². The van der Waals surface area contributed by atoms with Crippen molar-refractivity contribution < 1.29 is 14.1 Å². The average molecular weight is 352 g/mol. The molecule has 0 saturated heterocycles. The molecule has 0 spiro atoms. The molecule has 3 aromatic rings. The molecule has 0 fully saturated rings. The molecule has 0 bridgehead atoms. The highest BCUT2D eigenvalue weighted by atomic mass is 16.5. The van der Waals surface area contributed by atoms with Crippen molar-refractivity contribution in [3.63, 3.8) is 0 Å². The molecule has 0 atom stereocenters. The first-order chi connectivity index (χ1) is 12.5. The van der Waals surface area contributed by atoms with Crippen LogP contribution >= 0.6 is 0 Å². The van der Waals surface area contributed by atoms with Gasteiger partial charge in [-0.05, 0) is 36.1 Å². The lowest BCUT2D eigenvalue weighted by Gasteiger charge is -2.06. The highest BCUT2D eigenvalue weighted by Crippen LogP contribution is 2.24. The Bertz CT molecular complexity index is 962. The molecule has 1 aromatic carbocycles. The van der Waals surface area contributed by atoms with Gasteiger partial charge in [0.1, 0.15) is 0 Å². The maximum Gasteiger partial charge on any atom is 0.257 e. The van der Waals surface area contributed by atoms with Gasteiger partial charge in [0.05, 0.1) is 16.6 Å². The van der Waals surface area contributed by atoms with E-state index in [2.05, 4.69) is 15.5 Å². The van der Waals surface area contributed by atoms with Crippen LogP contribution in [-0.2, 0) is 6.42 Å². The summed E-state index contributed by atoms with van der Waals surface area (Å²) >= 11 is 0. The number of nitrogens with two attached hydrogens (primary N) is 1. The number of hydrogen-bond donors (Lipinski definition) is 2. The smallest absolute Gasteiger partial charge is 0.257 e. The minimum atomic E-state index is -0.468. The number of nitrogens with one attached hydrogen (secondary N) is 1. The Kier molecular flexibility index (Phi) is 4.97. The minimum absolute atomic E-state index is 0.175.